The Hall–Kier alpha value is -5.02. The summed E-state index contributed by atoms with van der Waals surface area (Å²) in [6, 6.07) is 11.9. The van der Waals surface area contributed by atoms with Crippen LogP contribution in [-0.2, 0) is 25.7 Å². The first-order chi connectivity index (χ1) is 26.3. The molecule has 4 N–H and O–H groups in total. The number of unbranched alkanes of at least 4 members (excludes halogenated alkanes) is 2. The molecule has 0 aliphatic carbocycles. The number of aryl methyl sites for hydroxylation is 1. The minimum absolute atomic E-state index is 0.0560. The molecule has 1 unspecified atom stereocenters. The third-order valence-electron chi connectivity index (χ3n) is 9.14. The number of aromatic nitrogens is 1. The van der Waals surface area contributed by atoms with Crippen molar-refractivity contribution >= 4 is 41.1 Å². The summed E-state index contributed by atoms with van der Waals surface area (Å²) >= 11 is 1.56. The minimum atomic E-state index is -1.07. The number of carboxylic acids is 1. The largest absolute Gasteiger partial charge is 0.494 e. The molecule has 4 amide bonds. The lowest BCUT2D eigenvalue weighted by atomic mass is 9.85. The van der Waals surface area contributed by atoms with Crippen molar-refractivity contribution in [3.8, 4) is 16.2 Å². The third kappa shape index (κ3) is 12.8. The molecule has 1 aliphatic rings. The average molecular weight is 794 g/mol. The van der Waals surface area contributed by atoms with E-state index in [0.717, 1.165) is 21.7 Å². The number of nitrogens with one attached hydrogen (secondary N) is 2. The van der Waals surface area contributed by atoms with Gasteiger partial charge in [-0.2, -0.15) is 0 Å². The van der Waals surface area contributed by atoms with Crippen LogP contribution in [-0.4, -0.2) is 105 Å². The number of likely N-dealkylation sites (tertiary alicyclic amines) is 1. The first kappa shape index (κ1) is 43.7. The first-order valence-corrected chi connectivity index (χ1v) is 19.7. The van der Waals surface area contributed by atoms with Crippen LogP contribution in [0.4, 0.5) is 4.79 Å². The number of aromatic carboxylic acids is 1. The van der Waals surface area contributed by atoms with E-state index in [1.54, 1.807) is 70.5 Å². The standard InChI is InChI=1S/C41H55N5O9S/c1-26-34(56-25-43-26)28-13-11-27(12-14-28)22-42-36(49)32-21-30(47)23-46(32)37(50)35(40(2,3)4)44-33(48)24-45(39(53)55-41(5,6)7)19-9-8-10-20-54-31-17-15-29(16-18-31)38(51)52/h11-18,25,30,32,35,47H,8-10,19-24H2,1-7H3,(H,42,49)(H,44,48)(H,51,52)/t30-,32+,35?/m1/s1. The Kier molecular flexibility index (Phi) is 15.0. The van der Waals surface area contributed by atoms with E-state index < -0.39 is 59.0 Å². The predicted molar refractivity (Wildman–Crippen MR) is 212 cm³/mol. The predicted octanol–water partition coefficient (Wildman–Crippen LogP) is 5.41. The zero-order valence-corrected chi connectivity index (χ0v) is 34.1. The van der Waals surface area contributed by atoms with E-state index in [0.29, 0.717) is 31.6 Å². The lowest BCUT2D eigenvalue weighted by Crippen LogP contribution is -2.59. The fourth-order valence-electron chi connectivity index (χ4n) is 6.19. The van der Waals surface area contributed by atoms with E-state index in [1.807, 2.05) is 31.2 Å². The van der Waals surface area contributed by atoms with Crippen molar-refractivity contribution in [2.45, 2.75) is 104 Å². The number of ether oxygens (including phenoxy) is 2. The number of amides is 4. The summed E-state index contributed by atoms with van der Waals surface area (Å²) in [6.07, 6.45) is 0.308. The molecule has 304 valence electrons. The van der Waals surface area contributed by atoms with Crippen LogP contribution in [0.1, 0.15) is 88.8 Å². The number of carboxylic acid groups (broad SMARTS) is 1. The number of carbonyl (C=O) groups is 5. The molecule has 3 aromatic rings. The van der Waals surface area contributed by atoms with Crippen molar-refractivity contribution < 1.29 is 43.7 Å². The number of hydrogen-bond acceptors (Lipinski definition) is 10. The van der Waals surface area contributed by atoms with Gasteiger partial charge in [0.1, 0.15) is 30.0 Å². The number of β-amino-alcohol motifs (C(OH)–C–C–N with tert-alkyl or cyclic N) is 1. The Morgan fingerprint density at radius 1 is 0.982 bits per heavy atom. The topological polar surface area (TPSA) is 188 Å². The normalized spacial score (nSPS) is 16.2. The second-order valence-corrected chi connectivity index (χ2v) is 16.9. The summed E-state index contributed by atoms with van der Waals surface area (Å²) in [5.74, 6) is -1.96. The second-order valence-electron chi connectivity index (χ2n) is 16.1. The number of benzene rings is 2. The highest BCUT2D eigenvalue weighted by Gasteiger charge is 2.44. The zero-order chi connectivity index (χ0) is 41.2. The molecule has 2 heterocycles. The van der Waals surface area contributed by atoms with Crippen LogP contribution in [0.15, 0.2) is 54.0 Å². The molecule has 14 nitrogen and oxygen atoms in total. The van der Waals surface area contributed by atoms with Crippen molar-refractivity contribution in [2.24, 2.45) is 5.41 Å². The molecule has 1 aromatic heterocycles. The van der Waals surface area contributed by atoms with Gasteiger partial charge in [0, 0.05) is 26.1 Å². The summed E-state index contributed by atoms with van der Waals surface area (Å²) < 4.78 is 11.3. The molecule has 2 aromatic carbocycles. The number of aliphatic hydroxyl groups excluding tert-OH is 1. The molecule has 0 bridgehead atoms. The lowest BCUT2D eigenvalue weighted by molar-refractivity contribution is -0.144. The monoisotopic (exact) mass is 793 g/mol. The lowest BCUT2D eigenvalue weighted by Gasteiger charge is -2.36. The SMILES string of the molecule is Cc1ncsc1-c1ccc(CNC(=O)[C@@H]2C[C@@H](O)CN2C(=O)C(NC(=O)CN(CCCCCOc2ccc(C(=O)O)cc2)C(=O)OC(C)(C)C)C(C)(C)C)cc1. The van der Waals surface area contributed by atoms with Crippen LogP contribution in [0.3, 0.4) is 0 Å². The number of carbonyl (C=O) groups excluding carboxylic acids is 4. The Labute approximate surface area is 332 Å². The van der Waals surface area contributed by atoms with Crippen LogP contribution < -0.4 is 15.4 Å². The van der Waals surface area contributed by atoms with Crippen LogP contribution in [0, 0.1) is 12.3 Å². The number of hydrogen-bond donors (Lipinski definition) is 4. The molecular weight excluding hydrogens is 739 g/mol. The maximum Gasteiger partial charge on any atom is 0.410 e. The molecular formula is C41H55N5O9S. The molecule has 1 saturated heterocycles. The van der Waals surface area contributed by atoms with Gasteiger partial charge < -0.3 is 35.2 Å². The smallest absolute Gasteiger partial charge is 0.410 e. The summed E-state index contributed by atoms with van der Waals surface area (Å²) in [7, 11) is 0. The third-order valence-corrected chi connectivity index (χ3v) is 10.1. The minimum Gasteiger partial charge on any atom is -0.494 e. The van der Waals surface area contributed by atoms with Gasteiger partial charge in [-0.05, 0) is 87.8 Å². The van der Waals surface area contributed by atoms with Crippen LogP contribution in [0.5, 0.6) is 5.75 Å². The molecule has 1 fully saturated rings. The van der Waals surface area contributed by atoms with E-state index in [2.05, 4.69) is 15.6 Å². The fraction of sp³-hybridized carbons (Fsp3) is 0.512. The number of aliphatic hydroxyl groups is 1. The second kappa shape index (κ2) is 19.2. The highest BCUT2D eigenvalue weighted by Crippen LogP contribution is 2.28. The molecule has 0 radical (unpaired) electrons. The highest BCUT2D eigenvalue weighted by molar-refractivity contribution is 7.13. The Bertz CT molecular complexity index is 1820. The average Bonchev–Trinajstić information content (AvgIpc) is 3.74. The van der Waals surface area contributed by atoms with Crippen LogP contribution in [0.25, 0.3) is 10.4 Å². The van der Waals surface area contributed by atoms with Crippen LogP contribution >= 0.6 is 11.3 Å². The van der Waals surface area contributed by atoms with Crippen molar-refractivity contribution in [1.29, 1.82) is 0 Å². The van der Waals surface area contributed by atoms with E-state index in [1.165, 1.54) is 21.9 Å². The van der Waals surface area contributed by atoms with Crippen LogP contribution in [0.2, 0.25) is 0 Å². The molecule has 15 heteroatoms. The van der Waals surface area contributed by atoms with Gasteiger partial charge in [0.2, 0.25) is 17.7 Å². The zero-order valence-electron chi connectivity index (χ0n) is 33.3. The summed E-state index contributed by atoms with van der Waals surface area (Å²) in [5, 5.41) is 25.4. The van der Waals surface area contributed by atoms with Gasteiger partial charge >= 0.3 is 12.1 Å². The Morgan fingerprint density at radius 2 is 1.66 bits per heavy atom. The molecule has 0 spiro atoms. The molecule has 0 saturated carbocycles. The van der Waals surface area contributed by atoms with Crippen molar-refractivity contribution in [1.82, 2.24) is 25.4 Å². The van der Waals surface area contributed by atoms with Crippen molar-refractivity contribution in [3.63, 3.8) is 0 Å². The van der Waals surface area contributed by atoms with Gasteiger partial charge in [-0.1, -0.05) is 45.0 Å². The molecule has 4 rings (SSSR count). The van der Waals surface area contributed by atoms with E-state index in [4.69, 9.17) is 14.6 Å². The van der Waals surface area contributed by atoms with Crippen molar-refractivity contribution in [3.05, 3.63) is 70.9 Å². The summed E-state index contributed by atoms with van der Waals surface area (Å²) in [4.78, 5) is 73.5. The van der Waals surface area contributed by atoms with Gasteiger partial charge in [-0.25, -0.2) is 14.6 Å². The Balaban J connectivity index is 1.35. The Morgan fingerprint density at radius 3 is 2.25 bits per heavy atom. The number of thiazole rings is 1. The van der Waals surface area contributed by atoms with Crippen molar-refractivity contribution in [2.75, 3.05) is 26.2 Å². The highest BCUT2D eigenvalue weighted by atomic mass is 32.1. The van der Waals surface area contributed by atoms with Gasteiger partial charge in [0.25, 0.3) is 0 Å². The van der Waals surface area contributed by atoms with E-state index in [-0.39, 0.29) is 38.2 Å². The maximum absolute atomic E-state index is 14.1. The number of rotatable bonds is 16. The van der Waals surface area contributed by atoms with E-state index in [9.17, 15) is 29.1 Å². The van der Waals surface area contributed by atoms with Gasteiger partial charge in [-0.3, -0.25) is 19.3 Å². The molecule has 3 atom stereocenters. The fourth-order valence-corrected chi connectivity index (χ4v) is 7.00. The quantitative estimate of drug-likeness (QED) is 0.137. The maximum atomic E-state index is 14.1. The van der Waals surface area contributed by atoms with Gasteiger partial charge in [-0.15, -0.1) is 11.3 Å². The summed E-state index contributed by atoms with van der Waals surface area (Å²) in [5.41, 5.74) is 3.22. The number of nitrogens with zero attached hydrogens (tertiary/aromatic N) is 3. The van der Waals surface area contributed by atoms with E-state index >= 15 is 0 Å². The molecule has 56 heavy (non-hydrogen) atoms. The molecule has 1 aliphatic heterocycles. The summed E-state index contributed by atoms with van der Waals surface area (Å²) in [6.45, 7) is 12.9. The van der Waals surface area contributed by atoms with Gasteiger partial charge in [0.05, 0.1) is 34.4 Å². The van der Waals surface area contributed by atoms with Gasteiger partial charge in [0.15, 0.2) is 0 Å². The first-order valence-electron chi connectivity index (χ1n) is 18.8.